The molecule has 0 N–H and O–H groups in total. The van der Waals surface area contributed by atoms with Crippen molar-refractivity contribution in [1.29, 1.82) is 5.26 Å². The fourth-order valence-corrected chi connectivity index (χ4v) is 4.50. The summed E-state index contributed by atoms with van der Waals surface area (Å²) in [7, 11) is 2.32. The van der Waals surface area contributed by atoms with Crippen LogP contribution in [0.3, 0.4) is 0 Å². The Labute approximate surface area is 183 Å². The van der Waals surface area contributed by atoms with Crippen molar-refractivity contribution in [3.63, 3.8) is 0 Å². The molecule has 4 rings (SSSR count). The van der Waals surface area contributed by atoms with E-state index in [0.29, 0.717) is 5.56 Å². The van der Waals surface area contributed by atoms with E-state index in [1.807, 2.05) is 6.07 Å². The second kappa shape index (κ2) is 8.24. The van der Waals surface area contributed by atoms with E-state index in [1.54, 1.807) is 42.5 Å². The van der Waals surface area contributed by atoms with Gasteiger partial charge in [-0.25, -0.2) is 0 Å². The molecular weight excluding hydrogens is 414 g/mol. The molecule has 2 aliphatic rings. The van der Waals surface area contributed by atoms with Crippen LogP contribution in [-0.2, 0) is 19.1 Å². The first-order chi connectivity index (χ1) is 15.5. The predicted octanol–water partition coefficient (Wildman–Crippen LogP) is 1.73. The van der Waals surface area contributed by atoms with E-state index < -0.39 is 47.7 Å². The number of amides is 2. The highest BCUT2D eigenvalue weighted by molar-refractivity contribution is 6.21. The van der Waals surface area contributed by atoms with Gasteiger partial charge in [-0.3, -0.25) is 19.2 Å². The molecule has 1 fully saturated rings. The van der Waals surface area contributed by atoms with Gasteiger partial charge in [-0.1, -0.05) is 42.5 Å². The number of imide groups is 1. The number of carbonyl (C=O) groups excluding carboxylic acids is 4. The van der Waals surface area contributed by atoms with Gasteiger partial charge in [0.05, 0.1) is 43.4 Å². The van der Waals surface area contributed by atoms with E-state index in [2.05, 4.69) is 0 Å². The minimum Gasteiger partial charge on any atom is -0.469 e. The summed E-state index contributed by atoms with van der Waals surface area (Å²) in [5.41, 5.74) is 0.889. The zero-order chi connectivity index (χ0) is 23.0. The highest BCUT2D eigenvalue weighted by Crippen LogP contribution is 2.48. The minimum atomic E-state index is -1.33. The molecule has 0 aromatic heterocycles. The molecular formula is C23H19N3O6. The highest BCUT2D eigenvalue weighted by Gasteiger charge is 2.61. The molecule has 2 aromatic carbocycles. The average Bonchev–Trinajstić information content (AvgIpc) is 3.30. The first-order valence-corrected chi connectivity index (χ1v) is 9.82. The van der Waals surface area contributed by atoms with Crippen LogP contribution in [0.15, 0.2) is 54.6 Å². The normalized spacial score (nSPS) is 24.7. The first-order valence-electron chi connectivity index (χ1n) is 9.82. The van der Waals surface area contributed by atoms with Crippen LogP contribution >= 0.6 is 0 Å². The molecule has 2 aromatic rings. The van der Waals surface area contributed by atoms with Crippen LogP contribution in [0.2, 0.25) is 0 Å². The second-order valence-electron chi connectivity index (χ2n) is 7.38. The standard InChI is InChI=1S/C23H19N3O6/c1-31-22(29)17-16(12-24)25(26-20(27)14-10-6-7-11-15(14)21(26)28)19(18(17)23(30)32-2)13-8-4-3-5-9-13/h3-11,16-19H,1-2H3/t16-,17-,18-,19+/m1/s1. The molecule has 1 saturated heterocycles. The van der Waals surface area contributed by atoms with Crippen LogP contribution in [0.4, 0.5) is 0 Å². The third-order valence-electron chi connectivity index (χ3n) is 5.86. The molecule has 9 heteroatoms. The summed E-state index contributed by atoms with van der Waals surface area (Å²) in [5.74, 6) is -5.32. The zero-order valence-electron chi connectivity index (χ0n) is 17.3. The Hall–Kier alpha value is -4.03. The van der Waals surface area contributed by atoms with Crippen molar-refractivity contribution in [2.24, 2.45) is 11.8 Å². The Bertz CT molecular complexity index is 1110. The van der Waals surface area contributed by atoms with Gasteiger partial charge >= 0.3 is 11.9 Å². The number of nitriles is 1. The minimum absolute atomic E-state index is 0.178. The number of ether oxygens (including phenoxy) is 2. The van der Waals surface area contributed by atoms with Gasteiger partial charge in [0.15, 0.2) is 0 Å². The van der Waals surface area contributed by atoms with Crippen molar-refractivity contribution in [2.45, 2.75) is 12.1 Å². The van der Waals surface area contributed by atoms with Crippen LogP contribution < -0.4 is 0 Å². The summed E-state index contributed by atoms with van der Waals surface area (Å²) in [6.45, 7) is 0. The van der Waals surface area contributed by atoms with Crippen molar-refractivity contribution >= 4 is 23.8 Å². The molecule has 0 aliphatic carbocycles. The molecule has 0 spiro atoms. The van der Waals surface area contributed by atoms with Crippen molar-refractivity contribution in [3.8, 4) is 6.07 Å². The molecule has 32 heavy (non-hydrogen) atoms. The van der Waals surface area contributed by atoms with Crippen molar-refractivity contribution in [1.82, 2.24) is 10.0 Å². The maximum Gasteiger partial charge on any atom is 0.312 e. The first kappa shape index (κ1) is 21.2. The van der Waals surface area contributed by atoms with Gasteiger partial charge in [-0.15, -0.1) is 0 Å². The number of hydrogen-bond donors (Lipinski definition) is 0. The van der Waals surface area contributed by atoms with Crippen molar-refractivity contribution in [3.05, 3.63) is 71.3 Å². The number of hydrazine groups is 1. The van der Waals surface area contributed by atoms with Crippen LogP contribution in [0.1, 0.15) is 32.3 Å². The Morgan fingerprint density at radius 3 is 1.84 bits per heavy atom. The Kier molecular flexibility index (Phi) is 5.47. The number of fused-ring (bicyclic) bond motifs is 1. The lowest BCUT2D eigenvalue weighted by Gasteiger charge is -2.34. The summed E-state index contributed by atoms with van der Waals surface area (Å²) in [6, 6.07) is 14.5. The number of carbonyl (C=O) groups is 4. The Morgan fingerprint density at radius 2 is 1.34 bits per heavy atom. The van der Waals surface area contributed by atoms with E-state index >= 15 is 0 Å². The SMILES string of the molecule is COC(=O)[C@@H]1[C@H](C(=O)OC)[C@@H](C#N)N(N2C(=O)c3ccccc3C2=O)[C@H]1c1ccccc1. The van der Waals surface area contributed by atoms with E-state index in [-0.39, 0.29) is 11.1 Å². The predicted molar refractivity (Wildman–Crippen MR) is 108 cm³/mol. The molecule has 2 aliphatic heterocycles. The number of nitrogens with zero attached hydrogens (tertiary/aromatic N) is 3. The molecule has 4 atom stereocenters. The maximum atomic E-state index is 13.2. The fourth-order valence-electron chi connectivity index (χ4n) is 4.50. The van der Waals surface area contributed by atoms with E-state index in [0.717, 1.165) is 12.1 Å². The lowest BCUT2D eigenvalue weighted by atomic mass is 9.84. The van der Waals surface area contributed by atoms with Gasteiger partial charge in [0.2, 0.25) is 0 Å². The van der Waals surface area contributed by atoms with Gasteiger partial charge in [-0.2, -0.15) is 15.3 Å². The maximum absolute atomic E-state index is 13.2. The topological polar surface area (TPSA) is 117 Å². The van der Waals surface area contributed by atoms with Gasteiger partial charge in [0, 0.05) is 0 Å². The Balaban J connectivity index is 1.93. The number of esters is 2. The van der Waals surface area contributed by atoms with Crippen molar-refractivity contribution in [2.75, 3.05) is 14.2 Å². The largest absolute Gasteiger partial charge is 0.469 e. The third-order valence-corrected chi connectivity index (χ3v) is 5.86. The quantitative estimate of drug-likeness (QED) is 0.529. The number of rotatable bonds is 4. The van der Waals surface area contributed by atoms with E-state index in [1.165, 1.54) is 24.3 Å². The Morgan fingerprint density at radius 1 is 0.844 bits per heavy atom. The molecule has 2 heterocycles. The number of hydrogen-bond acceptors (Lipinski definition) is 8. The van der Waals surface area contributed by atoms with E-state index in [4.69, 9.17) is 9.47 Å². The summed E-state index contributed by atoms with van der Waals surface area (Å²) in [6.07, 6.45) is 0. The summed E-state index contributed by atoms with van der Waals surface area (Å²) >= 11 is 0. The van der Waals surface area contributed by atoms with Crippen LogP contribution in [0.25, 0.3) is 0 Å². The lowest BCUT2D eigenvalue weighted by Crippen LogP contribution is -2.51. The van der Waals surface area contributed by atoms with Gasteiger partial charge in [0.1, 0.15) is 12.0 Å². The molecule has 0 saturated carbocycles. The van der Waals surface area contributed by atoms with Crippen LogP contribution in [0.5, 0.6) is 0 Å². The second-order valence-corrected chi connectivity index (χ2v) is 7.38. The lowest BCUT2D eigenvalue weighted by molar-refractivity contribution is -0.156. The van der Waals surface area contributed by atoms with Gasteiger partial charge in [-0.05, 0) is 17.7 Å². The smallest absolute Gasteiger partial charge is 0.312 e. The summed E-state index contributed by atoms with van der Waals surface area (Å²) in [5, 5.41) is 12.1. The molecule has 0 bridgehead atoms. The number of benzene rings is 2. The molecule has 0 radical (unpaired) electrons. The fraction of sp³-hybridized carbons (Fsp3) is 0.261. The number of methoxy groups -OCH3 is 2. The van der Waals surface area contributed by atoms with Crippen LogP contribution in [0, 0.1) is 23.2 Å². The molecule has 2 amide bonds. The van der Waals surface area contributed by atoms with E-state index in [9.17, 15) is 24.4 Å². The average molecular weight is 433 g/mol. The third kappa shape index (κ3) is 3.04. The monoisotopic (exact) mass is 433 g/mol. The summed E-state index contributed by atoms with van der Waals surface area (Å²) in [4.78, 5) is 52.1. The molecule has 162 valence electrons. The molecule has 0 unspecified atom stereocenters. The summed E-state index contributed by atoms with van der Waals surface area (Å²) < 4.78 is 9.85. The van der Waals surface area contributed by atoms with Gasteiger partial charge in [0.25, 0.3) is 11.8 Å². The van der Waals surface area contributed by atoms with Crippen LogP contribution in [-0.4, -0.2) is 54.0 Å². The highest BCUT2D eigenvalue weighted by atomic mass is 16.5. The van der Waals surface area contributed by atoms with Crippen molar-refractivity contribution < 1.29 is 28.7 Å². The zero-order valence-corrected chi connectivity index (χ0v) is 17.3. The molecule has 9 nitrogen and oxygen atoms in total. The van der Waals surface area contributed by atoms with Gasteiger partial charge < -0.3 is 9.47 Å².